The molecule has 0 unspecified atom stereocenters. The van der Waals surface area contributed by atoms with Crippen molar-refractivity contribution in [1.82, 2.24) is 19.7 Å². The van der Waals surface area contributed by atoms with Gasteiger partial charge in [0.05, 0.1) is 5.69 Å². The van der Waals surface area contributed by atoms with E-state index in [-0.39, 0.29) is 6.61 Å². The summed E-state index contributed by atoms with van der Waals surface area (Å²) in [6.45, 7) is 1.84. The zero-order valence-electron chi connectivity index (χ0n) is 12.5. The minimum Gasteiger partial charge on any atom is -0.388 e. The largest absolute Gasteiger partial charge is 0.388 e. The zero-order valence-corrected chi connectivity index (χ0v) is 12.5. The molecule has 2 aromatic heterocycles. The standard InChI is InChI=1S/C16H17N5O/c1-11-15(12-8-18-14(10-22)19-9-12)20-21(16(11)17-2)13-6-4-3-5-7-13/h3-9,17,22H,10H2,1-2H3. The summed E-state index contributed by atoms with van der Waals surface area (Å²) in [6.07, 6.45) is 3.37. The third kappa shape index (κ3) is 2.44. The van der Waals surface area contributed by atoms with Crippen LogP contribution >= 0.6 is 0 Å². The number of aliphatic hydroxyl groups is 1. The molecule has 0 radical (unpaired) electrons. The van der Waals surface area contributed by atoms with E-state index in [1.807, 2.05) is 49.0 Å². The SMILES string of the molecule is CNc1c(C)c(-c2cnc(CO)nc2)nn1-c1ccccc1. The van der Waals surface area contributed by atoms with Gasteiger partial charge in [0.15, 0.2) is 5.82 Å². The molecule has 0 saturated heterocycles. The van der Waals surface area contributed by atoms with Gasteiger partial charge in [-0.1, -0.05) is 18.2 Å². The van der Waals surface area contributed by atoms with Gasteiger partial charge in [-0.15, -0.1) is 0 Å². The van der Waals surface area contributed by atoms with E-state index in [0.717, 1.165) is 28.3 Å². The third-order valence-electron chi connectivity index (χ3n) is 3.48. The quantitative estimate of drug-likeness (QED) is 0.771. The molecule has 2 N–H and O–H groups in total. The lowest BCUT2D eigenvalue weighted by molar-refractivity contribution is 0.271. The molecule has 0 saturated carbocycles. The van der Waals surface area contributed by atoms with Crippen molar-refractivity contribution in [3.63, 3.8) is 0 Å². The molecule has 0 fully saturated rings. The maximum absolute atomic E-state index is 9.03. The summed E-state index contributed by atoms with van der Waals surface area (Å²) in [7, 11) is 1.87. The molecule has 2 heterocycles. The minimum absolute atomic E-state index is 0.167. The van der Waals surface area contributed by atoms with Crippen molar-refractivity contribution in [3.05, 3.63) is 54.1 Å². The van der Waals surface area contributed by atoms with Crippen LogP contribution in [0.4, 0.5) is 5.82 Å². The highest BCUT2D eigenvalue weighted by Gasteiger charge is 2.16. The van der Waals surface area contributed by atoms with Crippen LogP contribution in [0.5, 0.6) is 0 Å². The third-order valence-corrected chi connectivity index (χ3v) is 3.48. The Morgan fingerprint density at radius 1 is 1.14 bits per heavy atom. The average Bonchev–Trinajstić information content (AvgIpc) is 2.92. The van der Waals surface area contributed by atoms with Gasteiger partial charge in [-0.05, 0) is 19.1 Å². The summed E-state index contributed by atoms with van der Waals surface area (Å²) in [6, 6.07) is 9.93. The fraction of sp³-hybridized carbons (Fsp3) is 0.188. The van der Waals surface area contributed by atoms with Gasteiger partial charge in [-0.2, -0.15) is 5.10 Å². The summed E-state index contributed by atoms with van der Waals surface area (Å²) in [5.74, 6) is 1.32. The van der Waals surface area contributed by atoms with E-state index in [0.29, 0.717) is 5.82 Å². The number of nitrogens with one attached hydrogen (secondary N) is 1. The summed E-state index contributed by atoms with van der Waals surface area (Å²) in [4.78, 5) is 8.24. The first-order valence-corrected chi connectivity index (χ1v) is 6.99. The fourth-order valence-electron chi connectivity index (χ4n) is 2.38. The van der Waals surface area contributed by atoms with E-state index in [1.165, 1.54) is 0 Å². The Morgan fingerprint density at radius 3 is 2.41 bits per heavy atom. The molecule has 0 aliphatic carbocycles. The van der Waals surface area contributed by atoms with Crippen LogP contribution in [-0.2, 0) is 6.61 Å². The molecule has 1 aromatic carbocycles. The van der Waals surface area contributed by atoms with E-state index >= 15 is 0 Å². The molecule has 112 valence electrons. The molecule has 0 atom stereocenters. The number of nitrogens with zero attached hydrogens (tertiary/aromatic N) is 4. The molecule has 0 aliphatic heterocycles. The summed E-state index contributed by atoms with van der Waals surface area (Å²) in [5.41, 5.74) is 3.64. The highest BCUT2D eigenvalue weighted by molar-refractivity contribution is 5.69. The van der Waals surface area contributed by atoms with Crippen LogP contribution in [0.3, 0.4) is 0 Å². The summed E-state index contributed by atoms with van der Waals surface area (Å²) in [5, 5.41) is 16.9. The maximum atomic E-state index is 9.03. The Balaban J connectivity index is 2.11. The second-order valence-electron chi connectivity index (χ2n) is 4.87. The molecule has 0 amide bonds. The molecule has 0 bridgehead atoms. The number of rotatable bonds is 4. The topological polar surface area (TPSA) is 75.9 Å². The first-order valence-electron chi connectivity index (χ1n) is 6.99. The highest BCUT2D eigenvalue weighted by Crippen LogP contribution is 2.29. The van der Waals surface area contributed by atoms with Crippen LogP contribution in [0.15, 0.2) is 42.7 Å². The van der Waals surface area contributed by atoms with Gasteiger partial charge in [0.2, 0.25) is 0 Å². The van der Waals surface area contributed by atoms with Crippen molar-refractivity contribution in [1.29, 1.82) is 0 Å². The van der Waals surface area contributed by atoms with Crippen LogP contribution in [0, 0.1) is 6.92 Å². The Morgan fingerprint density at radius 2 is 1.82 bits per heavy atom. The van der Waals surface area contributed by atoms with Crippen molar-refractivity contribution < 1.29 is 5.11 Å². The molecule has 0 spiro atoms. The highest BCUT2D eigenvalue weighted by atomic mass is 16.3. The summed E-state index contributed by atoms with van der Waals surface area (Å²) < 4.78 is 1.87. The van der Waals surface area contributed by atoms with Gasteiger partial charge in [-0.3, -0.25) is 0 Å². The van der Waals surface area contributed by atoms with Crippen molar-refractivity contribution in [3.8, 4) is 16.9 Å². The number of aromatic nitrogens is 4. The zero-order chi connectivity index (χ0) is 15.5. The summed E-state index contributed by atoms with van der Waals surface area (Å²) >= 11 is 0. The van der Waals surface area contributed by atoms with Gasteiger partial charge in [0.25, 0.3) is 0 Å². The number of hydrogen-bond acceptors (Lipinski definition) is 5. The first-order chi connectivity index (χ1) is 10.7. The fourth-order valence-corrected chi connectivity index (χ4v) is 2.38. The number of anilines is 1. The molecule has 6 nitrogen and oxygen atoms in total. The number of hydrogen-bond donors (Lipinski definition) is 2. The van der Waals surface area contributed by atoms with E-state index in [1.54, 1.807) is 12.4 Å². The molecule has 3 aromatic rings. The predicted molar refractivity (Wildman–Crippen MR) is 84.8 cm³/mol. The van der Waals surface area contributed by atoms with E-state index < -0.39 is 0 Å². The van der Waals surface area contributed by atoms with Gasteiger partial charge in [-0.25, -0.2) is 14.6 Å². The number of para-hydroxylation sites is 1. The maximum Gasteiger partial charge on any atom is 0.153 e. The number of aliphatic hydroxyl groups excluding tert-OH is 1. The second kappa shape index (κ2) is 5.95. The lowest BCUT2D eigenvalue weighted by Crippen LogP contribution is -2.02. The molecule has 6 heteroatoms. The molecule has 22 heavy (non-hydrogen) atoms. The van der Waals surface area contributed by atoms with Crippen molar-refractivity contribution >= 4 is 5.82 Å². The lowest BCUT2D eigenvalue weighted by Gasteiger charge is -2.06. The predicted octanol–water partition coefficient (Wildman–Crippen LogP) is 2.17. The van der Waals surface area contributed by atoms with E-state index in [2.05, 4.69) is 20.4 Å². The first kappa shape index (κ1) is 14.2. The molecule has 0 aliphatic rings. The van der Waals surface area contributed by atoms with Crippen molar-refractivity contribution in [2.45, 2.75) is 13.5 Å². The van der Waals surface area contributed by atoms with E-state index in [9.17, 15) is 0 Å². The van der Waals surface area contributed by atoms with Crippen molar-refractivity contribution in [2.75, 3.05) is 12.4 Å². The van der Waals surface area contributed by atoms with Gasteiger partial charge in [0, 0.05) is 30.6 Å². The van der Waals surface area contributed by atoms with Crippen LogP contribution in [0.2, 0.25) is 0 Å². The Bertz CT molecular complexity index is 765. The molecular formula is C16H17N5O. The second-order valence-corrected chi connectivity index (χ2v) is 4.87. The minimum atomic E-state index is -0.167. The monoisotopic (exact) mass is 295 g/mol. The normalized spacial score (nSPS) is 10.7. The Labute approximate surface area is 128 Å². The molecule has 3 rings (SSSR count). The van der Waals surface area contributed by atoms with Crippen molar-refractivity contribution in [2.24, 2.45) is 0 Å². The molecular weight excluding hydrogens is 278 g/mol. The van der Waals surface area contributed by atoms with Gasteiger partial charge < -0.3 is 10.4 Å². The van der Waals surface area contributed by atoms with E-state index in [4.69, 9.17) is 5.11 Å². The van der Waals surface area contributed by atoms with Crippen LogP contribution in [-0.4, -0.2) is 31.9 Å². The van der Waals surface area contributed by atoms with Gasteiger partial charge >= 0.3 is 0 Å². The lowest BCUT2D eigenvalue weighted by atomic mass is 10.1. The Kier molecular flexibility index (Phi) is 3.84. The Hall–Kier alpha value is -2.73. The van der Waals surface area contributed by atoms with Gasteiger partial charge in [0.1, 0.15) is 18.1 Å². The van der Waals surface area contributed by atoms with Crippen LogP contribution in [0.1, 0.15) is 11.4 Å². The average molecular weight is 295 g/mol. The smallest absolute Gasteiger partial charge is 0.153 e. The van der Waals surface area contributed by atoms with Crippen LogP contribution < -0.4 is 5.32 Å². The number of benzene rings is 1. The van der Waals surface area contributed by atoms with Crippen LogP contribution in [0.25, 0.3) is 16.9 Å².